The van der Waals surface area contributed by atoms with Gasteiger partial charge >= 0.3 is 0 Å². The highest BCUT2D eigenvalue weighted by Crippen LogP contribution is 2.52. The molecule has 0 amide bonds. The summed E-state index contributed by atoms with van der Waals surface area (Å²) in [5.41, 5.74) is 2.72. The van der Waals surface area contributed by atoms with E-state index in [1.807, 2.05) is 20.8 Å². The van der Waals surface area contributed by atoms with Crippen molar-refractivity contribution >= 4 is 6.72 Å². The molecule has 1 saturated heterocycles. The third-order valence-corrected chi connectivity index (χ3v) is 4.33. The van der Waals surface area contributed by atoms with Gasteiger partial charge in [-0.25, -0.2) is 0 Å². The van der Waals surface area contributed by atoms with Gasteiger partial charge < -0.3 is 9.47 Å². The number of hydrogen-bond acceptors (Lipinski definition) is 3. The molecule has 0 bridgehead atoms. The molecule has 114 valence electrons. The zero-order valence-corrected chi connectivity index (χ0v) is 14.0. The fourth-order valence-corrected chi connectivity index (χ4v) is 2.80. The molecule has 2 aliphatic rings. The van der Waals surface area contributed by atoms with Crippen molar-refractivity contribution in [3.8, 4) is 0 Å². The fourth-order valence-electron chi connectivity index (χ4n) is 2.80. The first kappa shape index (κ1) is 17.1. The van der Waals surface area contributed by atoms with Gasteiger partial charge in [0.1, 0.15) is 0 Å². The summed E-state index contributed by atoms with van der Waals surface area (Å²) in [6, 6.07) is 0. The van der Waals surface area contributed by atoms with Crippen molar-refractivity contribution in [2.45, 2.75) is 59.7 Å². The quantitative estimate of drug-likeness (QED) is 0.727. The highest BCUT2D eigenvalue weighted by Gasteiger charge is 2.58. The van der Waals surface area contributed by atoms with Crippen molar-refractivity contribution in [3.05, 3.63) is 22.9 Å². The Kier molecular flexibility index (Phi) is 5.33. The Labute approximate surface area is 123 Å². The Morgan fingerprint density at radius 3 is 2.20 bits per heavy atom. The molecule has 3 heteroatoms. The Bertz CT molecular complexity index is 430. The number of ether oxygens (including phenoxy) is 2. The van der Waals surface area contributed by atoms with E-state index in [4.69, 9.17) is 9.47 Å². The predicted molar refractivity (Wildman–Crippen MR) is 85.2 cm³/mol. The second kappa shape index (κ2) is 6.23. The standard InChI is InChI=1S/C15H23NO2.C2H6/c1-7-11(4)12-13(16-6)15(8-17-9-15)18-14(12,5)10(2)3;1-2/h7,10H,6,8-9H2,1-5H3;1-2H3/b11-7-;. The van der Waals surface area contributed by atoms with Gasteiger partial charge in [-0.3, -0.25) is 4.99 Å². The van der Waals surface area contributed by atoms with Crippen molar-refractivity contribution in [2.75, 3.05) is 13.2 Å². The van der Waals surface area contributed by atoms with Gasteiger partial charge in [-0.1, -0.05) is 33.8 Å². The highest BCUT2D eigenvalue weighted by atomic mass is 16.6. The fraction of sp³-hybridized carbons (Fsp3) is 0.706. The largest absolute Gasteiger partial charge is 0.374 e. The monoisotopic (exact) mass is 279 g/mol. The summed E-state index contributed by atoms with van der Waals surface area (Å²) in [4.78, 5) is 4.27. The van der Waals surface area contributed by atoms with Crippen LogP contribution in [0.3, 0.4) is 0 Å². The van der Waals surface area contributed by atoms with Crippen LogP contribution in [0.1, 0.15) is 48.5 Å². The second-order valence-electron chi connectivity index (χ2n) is 5.70. The lowest BCUT2D eigenvalue weighted by molar-refractivity contribution is -0.221. The van der Waals surface area contributed by atoms with Gasteiger partial charge in [0.25, 0.3) is 0 Å². The zero-order chi connectivity index (χ0) is 15.6. The van der Waals surface area contributed by atoms with Crippen LogP contribution in [0.2, 0.25) is 0 Å². The van der Waals surface area contributed by atoms with Gasteiger partial charge in [0.05, 0.1) is 24.5 Å². The first-order valence-corrected chi connectivity index (χ1v) is 7.54. The average molecular weight is 279 g/mol. The normalized spacial score (nSPS) is 28.3. The lowest BCUT2D eigenvalue weighted by Crippen LogP contribution is -2.53. The van der Waals surface area contributed by atoms with Crippen LogP contribution in [-0.4, -0.2) is 31.1 Å². The Balaban J connectivity index is 0.000000956. The average Bonchev–Trinajstić information content (AvgIpc) is 2.70. The van der Waals surface area contributed by atoms with Crippen LogP contribution in [-0.2, 0) is 9.47 Å². The third-order valence-electron chi connectivity index (χ3n) is 4.33. The van der Waals surface area contributed by atoms with E-state index in [0.29, 0.717) is 19.1 Å². The van der Waals surface area contributed by atoms with Gasteiger partial charge in [0.15, 0.2) is 5.60 Å². The summed E-state index contributed by atoms with van der Waals surface area (Å²) in [5, 5.41) is 0. The second-order valence-corrected chi connectivity index (χ2v) is 5.70. The summed E-state index contributed by atoms with van der Waals surface area (Å²) in [6.45, 7) is 19.6. The molecule has 0 aliphatic carbocycles. The first-order valence-electron chi connectivity index (χ1n) is 7.54. The first-order chi connectivity index (χ1) is 9.41. The summed E-state index contributed by atoms with van der Waals surface area (Å²) in [6.07, 6.45) is 2.11. The summed E-state index contributed by atoms with van der Waals surface area (Å²) in [7, 11) is 0. The van der Waals surface area contributed by atoms with E-state index in [2.05, 4.69) is 45.5 Å². The Hall–Kier alpha value is -0.930. The molecule has 20 heavy (non-hydrogen) atoms. The van der Waals surface area contributed by atoms with E-state index in [-0.39, 0.29) is 11.2 Å². The third kappa shape index (κ3) is 2.38. The SMILES string of the molecule is C=NC1=C(/C(C)=C\C)C(C)(C(C)C)OC12COC2.CC. The van der Waals surface area contributed by atoms with E-state index in [0.717, 1.165) is 5.70 Å². The number of nitrogens with zero attached hydrogens (tertiary/aromatic N) is 1. The predicted octanol–water partition coefficient (Wildman–Crippen LogP) is 4.15. The van der Waals surface area contributed by atoms with Gasteiger partial charge in [0, 0.05) is 5.57 Å². The molecule has 0 aromatic heterocycles. The van der Waals surface area contributed by atoms with Crippen LogP contribution in [0.25, 0.3) is 0 Å². The molecular weight excluding hydrogens is 250 g/mol. The molecule has 1 atom stereocenters. The van der Waals surface area contributed by atoms with E-state index < -0.39 is 0 Å². The minimum absolute atomic E-state index is 0.309. The lowest BCUT2D eigenvalue weighted by Gasteiger charge is -2.42. The molecule has 2 aliphatic heterocycles. The van der Waals surface area contributed by atoms with Crippen LogP contribution < -0.4 is 0 Å². The maximum atomic E-state index is 6.40. The Morgan fingerprint density at radius 2 is 1.90 bits per heavy atom. The maximum absolute atomic E-state index is 6.40. The molecule has 1 spiro atoms. The highest BCUT2D eigenvalue weighted by molar-refractivity contribution is 5.51. The van der Waals surface area contributed by atoms with E-state index >= 15 is 0 Å². The minimum atomic E-state index is -0.361. The van der Waals surface area contributed by atoms with Crippen LogP contribution in [0, 0.1) is 5.92 Å². The number of hydrogen-bond donors (Lipinski definition) is 0. The zero-order valence-electron chi connectivity index (χ0n) is 14.0. The molecule has 0 saturated carbocycles. The van der Waals surface area contributed by atoms with Crippen LogP contribution >= 0.6 is 0 Å². The van der Waals surface area contributed by atoms with Crippen LogP contribution in [0.4, 0.5) is 0 Å². The summed E-state index contributed by atoms with van der Waals surface area (Å²) in [5.74, 6) is 0.374. The van der Waals surface area contributed by atoms with Gasteiger partial charge in [-0.05, 0) is 39.0 Å². The molecular formula is C17H29NO2. The van der Waals surface area contributed by atoms with E-state index in [1.165, 1.54) is 11.1 Å². The van der Waals surface area contributed by atoms with Crippen LogP contribution in [0.15, 0.2) is 27.9 Å². The van der Waals surface area contributed by atoms with E-state index in [1.54, 1.807) is 0 Å². The molecule has 2 heterocycles. The summed E-state index contributed by atoms with van der Waals surface area (Å²) < 4.78 is 11.8. The smallest absolute Gasteiger partial charge is 0.158 e. The van der Waals surface area contributed by atoms with Gasteiger partial charge in [0.2, 0.25) is 0 Å². The molecule has 0 aromatic carbocycles. The van der Waals surface area contributed by atoms with Crippen molar-refractivity contribution in [2.24, 2.45) is 10.9 Å². The molecule has 0 aromatic rings. The van der Waals surface area contributed by atoms with Crippen molar-refractivity contribution in [1.29, 1.82) is 0 Å². The molecule has 2 rings (SSSR count). The molecule has 3 nitrogen and oxygen atoms in total. The van der Waals surface area contributed by atoms with Gasteiger partial charge in [-0.2, -0.15) is 0 Å². The number of aliphatic imine (C=N–C) groups is 1. The topological polar surface area (TPSA) is 30.8 Å². The molecule has 1 fully saturated rings. The molecule has 1 unspecified atom stereocenters. The number of allylic oxidation sites excluding steroid dienone is 1. The van der Waals surface area contributed by atoms with Crippen molar-refractivity contribution < 1.29 is 9.47 Å². The maximum Gasteiger partial charge on any atom is 0.158 e. The summed E-state index contributed by atoms with van der Waals surface area (Å²) >= 11 is 0. The van der Waals surface area contributed by atoms with Gasteiger partial charge in [-0.15, -0.1) is 0 Å². The minimum Gasteiger partial charge on any atom is -0.374 e. The number of rotatable bonds is 3. The molecule has 0 radical (unpaired) electrons. The van der Waals surface area contributed by atoms with E-state index in [9.17, 15) is 0 Å². The van der Waals surface area contributed by atoms with Crippen molar-refractivity contribution in [1.82, 2.24) is 0 Å². The van der Waals surface area contributed by atoms with Crippen LogP contribution in [0.5, 0.6) is 0 Å². The lowest BCUT2D eigenvalue weighted by atomic mass is 9.80. The van der Waals surface area contributed by atoms with Crippen molar-refractivity contribution in [3.63, 3.8) is 0 Å². The molecule has 0 N–H and O–H groups in total. The Morgan fingerprint density at radius 1 is 1.35 bits per heavy atom.